The van der Waals surface area contributed by atoms with E-state index in [4.69, 9.17) is 0 Å². The average molecular weight is 285 g/mol. The van der Waals surface area contributed by atoms with Crippen molar-refractivity contribution in [3.8, 4) is 0 Å². The zero-order valence-electron chi connectivity index (χ0n) is 13.0. The second kappa shape index (κ2) is 5.10. The van der Waals surface area contributed by atoms with Gasteiger partial charge in [-0.15, -0.1) is 0 Å². The van der Waals surface area contributed by atoms with Crippen LogP contribution in [0.4, 0.5) is 0 Å². The molecule has 2 heteroatoms. The molecule has 21 heavy (non-hydrogen) atoms. The molecule has 3 fully saturated rings. The highest BCUT2D eigenvalue weighted by Gasteiger charge is 2.55. The Labute approximate surface area is 128 Å². The monoisotopic (exact) mass is 285 g/mol. The molecule has 3 aliphatic rings. The Hall–Kier alpha value is -0.860. The molecule has 1 heterocycles. The predicted molar refractivity (Wildman–Crippen MR) is 84.8 cm³/mol. The smallest absolute Gasteiger partial charge is 0.0842 e. The number of aliphatic hydroxyl groups is 1. The van der Waals surface area contributed by atoms with Crippen molar-refractivity contribution in [2.24, 2.45) is 17.8 Å². The minimum absolute atomic E-state index is 0.294. The van der Waals surface area contributed by atoms with Crippen LogP contribution in [0.2, 0.25) is 0 Å². The van der Waals surface area contributed by atoms with Crippen molar-refractivity contribution in [2.75, 3.05) is 6.54 Å². The van der Waals surface area contributed by atoms with Crippen molar-refractivity contribution in [1.29, 1.82) is 0 Å². The summed E-state index contributed by atoms with van der Waals surface area (Å²) in [5, 5.41) is 11.4. The summed E-state index contributed by atoms with van der Waals surface area (Å²) in [4.78, 5) is 2.49. The Kier molecular flexibility index (Phi) is 3.35. The zero-order valence-corrected chi connectivity index (χ0v) is 13.0. The molecule has 0 amide bonds. The Morgan fingerprint density at radius 1 is 1.19 bits per heavy atom. The van der Waals surface area contributed by atoms with Gasteiger partial charge in [-0.25, -0.2) is 0 Å². The molecule has 1 aliphatic heterocycles. The van der Waals surface area contributed by atoms with E-state index in [-0.39, 0.29) is 0 Å². The van der Waals surface area contributed by atoms with Gasteiger partial charge in [-0.1, -0.05) is 36.8 Å². The van der Waals surface area contributed by atoms with E-state index in [0.29, 0.717) is 12.0 Å². The van der Waals surface area contributed by atoms with Crippen LogP contribution in [-0.2, 0) is 6.54 Å². The molecule has 2 saturated carbocycles. The fourth-order valence-electron chi connectivity index (χ4n) is 5.43. The summed E-state index contributed by atoms with van der Waals surface area (Å²) >= 11 is 0. The number of benzene rings is 1. The minimum Gasteiger partial charge on any atom is -0.388 e. The molecule has 0 radical (unpaired) electrons. The van der Waals surface area contributed by atoms with Gasteiger partial charge in [0.1, 0.15) is 0 Å². The number of rotatable bonds is 3. The second-order valence-corrected chi connectivity index (χ2v) is 7.65. The Bertz CT molecular complexity index is 502. The summed E-state index contributed by atoms with van der Waals surface area (Å²) in [6, 6.07) is 11.0. The summed E-state index contributed by atoms with van der Waals surface area (Å²) < 4.78 is 0. The number of fused-ring (bicyclic) bond motifs is 2. The Morgan fingerprint density at radius 2 is 2.00 bits per heavy atom. The van der Waals surface area contributed by atoms with Crippen LogP contribution >= 0.6 is 0 Å². The van der Waals surface area contributed by atoms with Crippen LogP contribution in [0.3, 0.4) is 0 Å². The molecule has 1 N–H and O–H groups in total. The third-order valence-corrected chi connectivity index (χ3v) is 6.68. The van der Waals surface area contributed by atoms with Crippen molar-refractivity contribution in [2.45, 2.75) is 57.2 Å². The highest BCUT2D eigenvalue weighted by atomic mass is 16.3. The van der Waals surface area contributed by atoms with E-state index in [9.17, 15) is 5.11 Å². The largest absolute Gasteiger partial charge is 0.388 e. The Balaban J connectivity index is 1.49. The maximum Gasteiger partial charge on any atom is 0.0842 e. The fraction of sp³-hybridized carbons (Fsp3) is 0.684. The summed E-state index contributed by atoms with van der Waals surface area (Å²) in [5.41, 5.74) is 0.927. The third-order valence-electron chi connectivity index (χ3n) is 6.68. The van der Waals surface area contributed by atoms with Gasteiger partial charge in [-0.05, 0) is 55.9 Å². The minimum atomic E-state index is -0.436. The molecule has 5 atom stereocenters. The SMILES string of the molecule is CC1N(Cc2ccccc2)CCC1(O)C1CC2CCC1C2. The maximum absolute atomic E-state index is 11.4. The van der Waals surface area contributed by atoms with E-state index >= 15 is 0 Å². The lowest BCUT2D eigenvalue weighted by molar-refractivity contribution is -0.0614. The van der Waals surface area contributed by atoms with E-state index in [1.54, 1.807) is 0 Å². The normalized spacial score (nSPS) is 42.8. The lowest BCUT2D eigenvalue weighted by Crippen LogP contribution is -2.49. The van der Waals surface area contributed by atoms with Crippen LogP contribution in [-0.4, -0.2) is 28.2 Å². The van der Waals surface area contributed by atoms with Gasteiger partial charge in [0.15, 0.2) is 0 Å². The van der Waals surface area contributed by atoms with Gasteiger partial charge < -0.3 is 5.11 Å². The van der Waals surface area contributed by atoms with Crippen LogP contribution in [0.5, 0.6) is 0 Å². The molecule has 2 aliphatic carbocycles. The van der Waals surface area contributed by atoms with Gasteiger partial charge >= 0.3 is 0 Å². The number of likely N-dealkylation sites (tertiary alicyclic amines) is 1. The second-order valence-electron chi connectivity index (χ2n) is 7.65. The highest BCUT2D eigenvalue weighted by molar-refractivity contribution is 5.16. The van der Waals surface area contributed by atoms with Crippen molar-refractivity contribution in [1.82, 2.24) is 4.90 Å². The van der Waals surface area contributed by atoms with Crippen LogP contribution in [0.25, 0.3) is 0 Å². The van der Waals surface area contributed by atoms with Crippen LogP contribution in [0.1, 0.15) is 44.6 Å². The average Bonchev–Trinajstić information content (AvgIpc) is 3.20. The molecule has 5 unspecified atom stereocenters. The first-order valence-electron chi connectivity index (χ1n) is 8.67. The molecule has 2 bridgehead atoms. The topological polar surface area (TPSA) is 23.5 Å². The summed E-state index contributed by atoms with van der Waals surface area (Å²) in [6.45, 7) is 4.27. The van der Waals surface area contributed by atoms with Gasteiger partial charge in [0, 0.05) is 19.1 Å². The van der Waals surface area contributed by atoms with Gasteiger partial charge in [0.2, 0.25) is 0 Å². The maximum atomic E-state index is 11.4. The molecule has 0 aromatic heterocycles. The van der Waals surface area contributed by atoms with Gasteiger partial charge in [0.25, 0.3) is 0 Å². The molecule has 1 aromatic rings. The molecule has 1 saturated heterocycles. The van der Waals surface area contributed by atoms with Crippen molar-refractivity contribution >= 4 is 0 Å². The molecule has 114 valence electrons. The number of hydrogen-bond donors (Lipinski definition) is 1. The lowest BCUT2D eigenvalue weighted by atomic mass is 9.73. The third kappa shape index (κ3) is 2.24. The van der Waals surface area contributed by atoms with E-state index < -0.39 is 5.60 Å². The first-order valence-corrected chi connectivity index (χ1v) is 8.67. The molecule has 1 aromatic carbocycles. The predicted octanol–water partition coefficient (Wildman–Crippen LogP) is 3.45. The highest BCUT2D eigenvalue weighted by Crippen LogP contribution is 2.55. The van der Waals surface area contributed by atoms with Gasteiger partial charge in [-0.2, -0.15) is 0 Å². The molecule has 4 rings (SSSR count). The van der Waals surface area contributed by atoms with Crippen molar-refractivity contribution < 1.29 is 5.11 Å². The van der Waals surface area contributed by atoms with Crippen LogP contribution in [0, 0.1) is 17.8 Å². The lowest BCUT2D eigenvalue weighted by Gasteiger charge is -2.40. The Morgan fingerprint density at radius 3 is 2.67 bits per heavy atom. The van der Waals surface area contributed by atoms with Crippen LogP contribution < -0.4 is 0 Å². The van der Waals surface area contributed by atoms with E-state index in [1.807, 2.05) is 0 Å². The van der Waals surface area contributed by atoms with Crippen LogP contribution in [0.15, 0.2) is 30.3 Å². The molecule has 2 nitrogen and oxygen atoms in total. The summed E-state index contributed by atoms with van der Waals surface area (Å²) in [5.74, 6) is 2.28. The molecule has 0 spiro atoms. The quantitative estimate of drug-likeness (QED) is 0.919. The zero-order chi connectivity index (χ0) is 14.4. The van der Waals surface area contributed by atoms with Crippen molar-refractivity contribution in [3.63, 3.8) is 0 Å². The summed E-state index contributed by atoms with van der Waals surface area (Å²) in [6.07, 6.45) is 6.42. The standard InChI is InChI=1S/C19H27NO/c1-14-19(21,18-12-16-7-8-17(18)11-16)9-10-20(14)13-15-5-3-2-4-6-15/h2-6,14,16-18,21H,7-13H2,1H3. The molecular formula is C19H27NO. The molecular weight excluding hydrogens is 258 g/mol. The van der Waals surface area contributed by atoms with E-state index in [1.165, 1.54) is 31.2 Å². The first kappa shape index (κ1) is 13.8. The summed E-state index contributed by atoms with van der Waals surface area (Å²) in [7, 11) is 0. The van der Waals surface area contributed by atoms with E-state index in [0.717, 1.165) is 31.3 Å². The van der Waals surface area contributed by atoms with E-state index in [2.05, 4.69) is 42.2 Å². The number of nitrogens with zero attached hydrogens (tertiary/aromatic N) is 1. The number of hydrogen-bond acceptors (Lipinski definition) is 2. The van der Waals surface area contributed by atoms with Crippen molar-refractivity contribution in [3.05, 3.63) is 35.9 Å². The van der Waals surface area contributed by atoms with Gasteiger partial charge in [-0.3, -0.25) is 4.90 Å². The fourth-order valence-corrected chi connectivity index (χ4v) is 5.43. The first-order chi connectivity index (χ1) is 10.2. The van der Waals surface area contributed by atoms with Gasteiger partial charge in [0.05, 0.1) is 5.60 Å².